The van der Waals surface area contributed by atoms with E-state index in [0.717, 1.165) is 12.5 Å². The molecule has 104 valence electrons. The van der Waals surface area contributed by atoms with Crippen LogP contribution in [0.3, 0.4) is 0 Å². The first-order chi connectivity index (χ1) is 9.17. The predicted molar refractivity (Wildman–Crippen MR) is 68.1 cm³/mol. The van der Waals surface area contributed by atoms with Gasteiger partial charge in [-0.25, -0.2) is 10.2 Å². The van der Waals surface area contributed by atoms with Crippen molar-refractivity contribution in [1.82, 2.24) is 5.43 Å². The summed E-state index contributed by atoms with van der Waals surface area (Å²) in [4.78, 5) is 21.3. The van der Waals surface area contributed by atoms with Crippen LogP contribution in [-0.4, -0.2) is 18.8 Å². The smallest absolute Gasteiger partial charge is 0.233 e. The van der Waals surface area contributed by atoms with Crippen LogP contribution in [0.2, 0.25) is 0 Å². The van der Waals surface area contributed by atoms with Crippen LogP contribution in [-0.2, 0) is 4.79 Å². The predicted octanol–water partition coefficient (Wildman–Crippen LogP) is 1.57. The number of nitrogens with one attached hydrogen (secondary N) is 1. The van der Waals surface area contributed by atoms with E-state index in [1.807, 2.05) is 0 Å². The second kappa shape index (κ2) is 8.20. The summed E-state index contributed by atoms with van der Waals surface area (Å²) in [7, 11) is 0. The Hall–Kier alpha value is -1.95. The minimum absolute atomic E-state index is 0.130. The summed E-state index contributed by atoms with van der Waals surface area (Å²) in [5, 5.41) is 0. The van der Waals surface area contributed by atoms with Crippen molar-refractivity contribution < 1.29 is 18.7 Å². The molecule has 0 aliphatic heterocycles. The minimum atomic E-state index is -0.549. The molecule has 0 bridgehead atoms. The standard InChI is InChI=1S/C13H17FN2O3/c14-11-8-10(9-17)5-6-12(11)19-7-3-1-2-4-13(18)16-15/h5-6,8-9H,1-4,7,15H2,(H,16,18). The van der Waals surface area contributed by atoms with Crippen LogP contribution < -0.4 is 16.0 Å². The molecule has 0 saturated heterocycles. The molecule has 0 atom stereocenters. The Balaban J connectivity index is 2.22. The SMILES string of the molecule is NNC(=O)CCCCCOc1ccc(C=O)cc1F. The summed E-state index contributed by atoms with van der Waals surface area (Å²) in [5.74, 6) is 4.32. The van der Waals surface area contributed by atoms with Crippen LogP contribution in [0.5, 0.6) is 5.75 Å². The number of amides is 1. The molecule has 0 spiro atoms. The van der Waals surface area contributed by atoms with Crippen molar-refractivity contribution in [2.24, 2.45) is 5.84 Å². The van der Waals surface area contributed by atoms with Gasteiger partial charge < -0.3 is 4.74 Å². The number of unbranched alkanes of at least 4 members (excludes halogenated alkanes) is 2. The van der Waals surface area contributed by atoms with E-state index in [4.69, 9.17) is 10.6 Å². The lowest BCUT2D eigenvalue weighted by atomic mass is 10.2. The number of hydrogen-bond acceptors (Lipinski definition) is 4. The minimum Gasteiger partial charge on any atom is -0.491 e. The Morgan fingerprint density at radius 2 is 2.16 bits per heavy atom. The summed E-state index contributed by atoms with van der Waals surface area (Å²) in [6.45, 7) is 0.363. The Kier molecular flexibility index (Phi) is 6.52. The zero-order chi connectivity index (χ0) is 14.1. The van der Waals surface area contributed by atoms with E-state index in [0.29, 0.717) is 32.2 Å². The van der Waals surface area contributed by atoms with Crippen molar-refractivity contribution in [3.05, 3.63) is 29.6 Å². The molecule has 0 aromatic heterocycles. The largest absolute Gasteiger partial charge is 0.491 e. The van der Waals surface area contributed by atoms with Crippen LogP contribution in [0.25, 0.3) is 0 Å². The molecule has 1 aromatic rings. The molecule has 0 unspecified atom stereocenters. The van der Waals surface area contributed by atoms with Crippen LogP contribution in [0.15, 0.2) is 18.2 Å². The highest BCUT2D eigenvalue weighted by molar-refractivity contribution is 5.75. The number of halogens is 1. The molecule has 19 heavy (non-hydrogen) atoms. The highest BCUT2D eigenvalue weighted by atomic mass is 19.1. The fourth-order valence-corrected chi connectivity index (χ4v) is 1.53. The van der Waals surface area contributed by atoms with Gasteiger partial charge in [0.25, 0.3) is 0 Å². The number of carbonyl (C=O) groups excluding carboxylic acids is 2. The first-order valence-electron chi connectivity index (χ1n) is 6.04. The van der Waals surface area contributed by atoms with Gasteiger partial charge in [-0.05, 0) is 37.5 Å². The van der Waals surface area contributed by atoms with Gasteiger partial charge in [-0.2, -0.15) is 0 Å². The average molecular weight is 268 g/mol. The molecular weight excluding hydrogens is 251 g/mol. The molecule has 5 nitrogen and oxygen atoms in total. The summed E-state index contributed by atoms with van der Waals surface area (Å²) in [6.07, 6.45) is 3.17. The van der Waals surface area contributed by atoms with E-state index in [1.165, 1.54) is 12.1 Å². The van der Waals surface area contributed by atoms with Gasteiger partial charge in [-0.3, -0.25) is 15.0 Å². The number of benzene rings is 1. The Morgan fingerprint density at radius 3 is 2.79 bits per heavy atom. The number of aldehydes is 1. The Labute approximate surface area is 110 Å². The maximum absolute atomic E-state index is 13.4. The number of hydrogen-bond donors (Lipinski definition) is 2. The summed E-state index contributed by atoms with van der Waals surface area (Å²) in [6, 6.07) is 4.06. The van der Waals surface area contributed by atoms with Crippen molar-refractivity contribution in [2.75, 3.05) is 6.61 Å². The quantitative estimate of drug-likeness (QED) is 0.246. The first kappa shape index (κ1) is 15.1. The normalized spacial score (nSPS) is 10.0. The van der Waals surface area contributed by atoms with Crippen molar-refractivity contribution in [3.63, 3.8) is 0 Å². The molecule has 0 aliphatic carbocycles. The third-order valence-electron chi connectivity index (χ3n) is 2.56. The molecule has 1 aromatic carbocycles. The van der Waals surface area contributed by atoms with Gasteiger partial charge in [0.05, 0.1) is 6.61 Å². The molecule has 3 N–H and O–H groups in total. The molecule has 0 radical (unpaired) electrons. The fraction of sp³-hybridized carbons (Fsp3) is 0.385. The Morgan fingerprint density at radius 1 is 1.37 bits per heavy atom. The molecule has 1 rings (SSSR count). The van der Waals surface area contributed by atoms with Crippen molar-refractivity contribution in [1.29, 1.82) is 0 Å². The number of hydrazine groups is 1. The lowest BCUT2D eigenvalue weighted by molar-refractivity contribution is -0.121. The molecule has 0 fully saturated rings. The number of rotatable bonds is 8. The monoisotopic (exact) mass is 268 g/mol. The van der Waals surface area contributed by atoms with Crippen molar-refractivity contribution >= 4 is 12.2 Å². The number of carbonyl (C=O) groups is 2. The van der Waals surface area contributed by atoms with Crippen molar-refractivity contribution in [3.8, 4) is 5.75 Å². The second-order valence-corrected chi connectivity index (χ2v) is 4.03. The summed E-state index contributed by atoms with van der Waals surface area (Å²) < 4.78 is 18.7. The van der Waals surface area contributed by atoms with Crippen LogP contribution in [0, 0.1) is 5.82 Å². The summed E-state index contributed by atoms with van der Waals surface area (Å²) >= 11 is 0. The molecule has 0 heterocycles. The van der Waals surface area contributed by atoms with Gasteiger partial charge in [0.2, 0.25) is 5.91 Å². The molecule has 0 aliphatic rings. The third-order valence-corrected chi connectivity index (χ3v) is 2.56. The molecule has 1 amide bonds. The van der Waals surface area contributed by atoms with Gasteiger partial charge in [-0.1, -0.05) is 0 Å². The van der Waals surface area contributed by atoms with Crippen LogP contribution in [0.4, 0.5) is 4.39 Å². The third kappa shape index (κ3) is 5.48. The van der Waals surface area contributed by atoms with Gasteiger partial charge in [0.1, 0.15) is 6.29 Å². The lowest BCUT2D eigenvalue weighted by Crippen LogP contribution is -2.29. The zero-order valence-electron chi connectivity index (χ0n) is 10.5. The highest BCUT2D eigenvalue weighted by Crippen LogP contribution is 2.18. The maximum atomic E-state index is 13.4. The second-order valence-electron chi connectivity index (χ2n) is 4.03. The summed E-state index contributed by atoms with van der Waals surface area (Å²) in [5.41, 5.74) is 2.33. The van der Waals surface area contributed by atoms with Crippen molar-refractivity contribution in [2.45, 2.75) is 25.7 Å². The van der Waals surface area contributed by atoms with E-state index < -0.39 is 5.82 Å². The molecule has 0 saturated carbocycles. The molecule has 6 heteroatoms. The van der Waals surface area contributed by atoms with Gasteiger partial charge in [0, 0.05) is 12.0 Å². The van der Waals surface area contributed by atoms with E-state index >= 15 is 0 Å². The average Bonchev–Trinajstić information content (AvgIpc) is 2.43. The van der Waals surface area contributed by atoms with E-state index in [2.05, 4.69) is 5.43 Å². The van der Waals surface area contributed by atoms with Gasteiger partial charge in [0.15, 0.2) is 11.6 Å². The van der Waals surface area contributed by atoms with E-state index in [9.17, 15) is 14.0 Å². The number of ether oxygens (including phenoxy) is 1. The van der Waals surface area contributed by atoms with Crippen LogP contribution in [0.1, 0.15) is 36.0 Å². The maximum Gasteiger partial charge on any atom is 0.233 e. The first-order valence-corrected chi connectivity index (χ1v) is 6.04. The number of nitrogens with two attached hydrogens (primary N) is 1. The van der Waals surface area contributed by atoms with Gasteiger partial charge >= 0.3 is 0 Å². The Bertz CT molecular complexity index is 438. The highest BCUT2D eigenvalue weighted by Gasteiger charge is 2.04. The zero-order valence-corrected chi connectivity index (χ0v) is 10.5. The van der Waals surface area contributed by atoms with E-state index in [-0.39, 0.29) is 17.2 Å². The molecular formula is C13H17FN2O3. The van der Waals surface area contributed by atoms with E-state index in [1.54, 1.807) is 0 Å². The van der Waals surface area contributed by atoms with Crippen LogP contribution >= 0.6 is 0 Å². The van der Waals surface area contributed by atoms with Gasteiger partial charge in [-0.15, -0.1) is 0 Å². The topological polar surface area (TPSA) is 81.4 Å². The fourth-order valence-electron chi connectivity index (χ4n) is 1.53. The lowest BCUT2D eigenvalue weighted by Gasteiger charge is -2.07.